The third kappa shape index (κ3) is 2.52. The Balaban J connectivity index is 2.14. The fraction of sp³-hybridized carbons (Fsp3) is 0.353. The predicted molar refractivity (Wildman–Crippen MR) is 82.4 cm³/mol. The predicted octanol–water partition coefficient (Wildman–Crippen LogP) is 5.05. The average molecular weight is 272 g/mol. The van der Waals surface area contributed by atoms with E-state index in [0.29, 0.717) is 0 Å². The van der Waals surface area contributed by atoms with Gasteiger partial charge in [0.1, 0.15) is 0 Å². The second-order valence-electron chi connectivity index (χ2n) is 6.13. The van der Waals surface area contributed by atoms with Crippen LogP contribution in [0.5, 0.6) is 0 Å². The summed E-state index contributed by atoms with van der Waals surface area (Å²) in [6, 6.07) is 10.5. The van der Waals surface area contributed by atoms with Gasteiger partial charge in [-0.15, -0.1) is 11.6 Å². The van der Waals surface area contributed by atoms with Crippen LogP contribution in [0.4, 0.5) is 0 Å². The zero-order valence-corrected chi connectivity index (χ0v) is 12.1. The molecule has 2 heteroatoms. The average Bonchev–Trinajstić information content (AvgIpc) is 2.35. The van der Waals surface area contributed by atoms with E-state index >= 15 is 0 Å². The summed E-state index contributed by atoms with van der Waals surface area (Å²) in [6.45, 7) is 4.58. The second kappa shape index (κ2) is 4.64. The van der Waals surface area contributed by atoms with Crippen molar-refractivity contribution in [3.8, 4) is 0 Å². The number of nitrogens with zero attached hydrogens (tertiary/aromatic N) is 1. The Morgan fingerprint density at radius 1 is 1.21 bits per heavy atom. The van der Waals surface area contributed by atoms with Gasteiger partial charge in [0, 0.05) is 11.6 Å². The van der Waals surface area contributed by atoms with Crippen LogP contribution in [0, 0.1) is 5.41 Å². The number of hydrogen-bond donors (Lipinski definition) is 0. The highest BCUT2D eigenvalue weighted by atomic mass is 35.5. The maximum atomic E-state index is 6.40. The Hall–Kier alpha value is -1.34. The maximum Gasteiger partial charge on any atom is 0.0708 e. The van der Waals surface area contributed by atoms with Gasteiger partial charge in [-0.25, -0.2) is 0 Å². The Morgan fingerprint density at radius 2 is 2.05 bits per heavy atom. The van der Waals surface area contributed by atoms with E-state index in [-0.39, 0.29) is 10.8 Å². The first-order valence-electron chi connectivity index (χ1n) is 6.74. The highest BCUT2D eigenvalue weighted by Gasteiger charge is 2.28. The standard InChI is InChI=1S/C17H18ClN/c1-17(2)10-12(9-13(18)11-17)14-5-3-7-16-15(14)6-4-8-19-16/h3-9,13H,10-11H2,1-2H3. The van der Waals surface area contributed by atoms with Crippen molar-refractivity contribution >= 4 is 28.1 Å². The first kappa shape index (κ1) is 12.7. The number of hydrogen-bond acceptors (Lipinski definition) is 1. The minimum atomic E-state index is 0.130. The van der Waals surface area contributed by atoms with E-state index in [4.69, 9.17) is 11.6 Å². The first-order chi connectivity index (χ1) is 9.05. The molecule has 0 amide bonds. The molecule has 2 aromatic rings. The third-order valence-corrected chi connectivity index (χ3v) is 4.07. The number of allylic oxidation sites excluding steroid dienone is 2. The van der Waals surface area contributed by atoms with E-state index < -0.39 is 0 Å². The van der Waals surface area contributed by atoms with E-state index in [1.54, 1.807) is 0 Å². The summed E-state index contributed by atoms with van der Waals surface area (Å²) in [7, 11) is 0. The summed E-state index contributed by atoms with van der Waals surface area (Å²) in [5, 5.41) is 1.35. The molecular weight excluding hydrogens is 254 g/mol. The van der Waals surface area contributed by atoms with Crippen molar-refractivity contribution in [1.29, 1.82) is 0 Å². The topological polar surface area (TPSA) is 12.9 Å². The molecule has 1 nitrogen and oxygen atoms in total. The fourth-order valence-electron chi connectivity index (χ4n) is 3.02. The van der Waals surface area contributed by atoms with Crippen LogP contribution >= 0.6 is 11.6 Å². The zero-order chi connectivity index (χ0) is 13.5. The van der Waals surface area contributed by atoms with Crippen molar-refractivity contribution in [2.45, 2.75) is 32.1 Å². The molecule has 0 fully saturated rings. The van der Waals surface area contributed by atoms with E-state index in [2.05, 4.69) is 49.2 Å². The number of pyridine rings is 1. The van der Waals surface area contributed by atoms with Crippen molar-refractivity contribution in [1.82, 2.24) is 4.98 Å². The van der Waals surface area contributed by atoms with Crippen LogP contribution in [0.25, 0.3) is 16.5 Å². The molecule has 1 aliphatic rings. The Labute approximate surface area is 119 Å². The van der Waals surface area contributed by atoms with Crippen LogP contribution in [0.3, 0.4) is 0 Å². The van der Waals surface area contributed by atoms with Gasteiger partial charge in [-0.3, -0.25) is 4.98 Å². The molecule has 98 valence electrons. The van der Waals surface area contributed by atoms with Crippen molar-refractivity contribution in [2.75, 3.05) is 0 Å². The summed E-state index contributed by atoms with van der Waals surface area (Å²) in [5.74, 6) is 0. The van der Waals surface area contributed by atoms with Crippen molar-refractivity contribution < 1.29 is 0 Å². The summed E-state index contributed by atoms with van der Waals surface area (Å²) in [6.07, 6.45) is 6.18. The zero-order valence-electron chi connectivity index (χ0n) is 11.4. The van der Waals surface area contributed by atoms with Crippen LogP contribution in [0.15, 0.2) is 42.6 Å². The third-order valence-electron chi connectivity index (χ3n) is 3.79. The molecule has 1 atom stereocenters. The van der Waals surface area contributed by atoms with Crippen LogP contribution < -0.4 is 0 Å². The van der Waals surface area contributed by atoms with E-state index in [9.17, 15) is 0 Å². The number of rotatable bonds is 1. The molecule has 0 saturated heterocycles. The smallest absolute Gasteiger partial charge is 0.0708 e. The SMILES string of the molecule is CC1(C)CC(c2cccc3ncccc23)=CC(Cl)C1. The van der Waals surface area contributed by atoms with Gasteiger partial charge >= 0.3 is 0 Å². The number of benzene rings is 1. The number of halogens is 1. The molecule has 0 radical (unpaired) electrons. The number of fused-ring (bicyclic) bond motifs is 1. The molecule has 1 heterocycles. The summed E-state index contributed by atoms with van der Waals surface area (Å²) in [5.41, 5.74) is 3.95. The van der Waals surface area contributed by atoms with Gasteiger partial charge in [-0.05, 0) is 41.5 Å². The molecule has 1 aromatic heterocycles. The van der Waals surface area contributed by atoms with Crippen LogP contribution in [-0.2, 0) is 0 Å². The van der Waals surface area contributed by atoms with Crippen molar-refractivity contribution in [3.05, 3.63) is 48.2 Å². The molecule has 0 bridgehead atoms. The molecule has 0 N–H and O–H groups in total. The Bertz CT molecular complexity index is 637. The monoisotopic (exact) mass is 271 g/mol. The second-order valence-corrected chi connectivity index (χ2v) is 6.69. The highest BCUT2D eigenvalue weighted by molar-refractivity contribution is 6.22. The molecule has 1 aromatic carbocycles. The van der Waals surface area contributed by atoms with Gasteiger partial charge in [-0.2, -0.15) is 0 Å². The van der Waals surface area contributed by atoms with Gasteiger partial charge in [0.2, 0.25) is 0 Å². The van der Waals surface area contributed by atoms with E-state index in [1.807, 2.05) is 12.3 Å². The lowest BCUT2D eigenvalue weighted by Gasteiger charge is -2.32. The fourth-order valence-corrected chi connectivity index (χ4v) is 3.59. The summed E-state index contributed by atoms with van der Waals surface area (Å²) in [4.78, 5) is 4.43. The minimum Gasteiger partial charge on any atom is -0.256 e. The van der Waals surface area contributed by atoms with Crippen LogP contribution in [-0.4, -0.2) is 10.4 Å². The van der Waals surface area contributed by atoms with E-state index in [0.717, 1.165) is 18.4 Å². The molecular formula is C17H18ClN. The molecule has 1 unspecified atom stereocenters. The highest BCUT2D eigenvalue weighted by Crippen LogP contribution is 2.42. The molecule has 19 heavy (non-hydrogen) atoms. The quantitative estimate of drug-likeness (QED) is 0.662. The Kier molecular flexibility index (Phi) is 3.10. The summed E-state index contributed by atoms with van der Waals surface area (Å²) >= 11 is 6.40. The van der Waals surface area contributed by atoms with E-state index in [1.165, 1.54) is 16.5 Å². The van der Waals surface area contributed by atoms with Gasteiger partial charge in [0.25, 0.3) is 0 Å². The lowest BCUT2D eigenvalue weighted by Crippen LogP contribution is -2.21. The molecule has 0 spiro atoms. The number of aromatic nitrogens is 1. The Morgan fingerprint density at radius 3 is 2.84 bits per heavy atom. The number of alkyl halides is 1. The van der Waals surface area contributed by atoms with Gasteiger partial charge < -0.3 is 0 Å². The van der Waals surface area contributed by atoms with Crippen molar-refractivity contribution in [2.24, 2.45) is 5.41 Å². The lowest BCUT2D eigenvalue weighted by atomic mass is 9.75. The van der Waals surface area contributed by atoms with Gasteiger partial charge in [0.15, 0.2) is 0 Å². The van der Waals surface area contributed by atoms with Crippen LogP contribution in [0.1, 0.15) is 32.3 Å². The lowest BCUT2D eigenvalue weighted by molar-refractivity contribution is 0.340. The summed E-state index contributed by atoms with van der Waals surface area (Å²) < 4.78 is 0. The minimum absolute atomic E-state index is 0.130. The van der Waals surface area contributed by atoms with Gasteiger partial charge in [0.05, 0.1) is 10.9 Å². The molecule has 0 saturated carbocycles. The molecule has 3 rings (SSSR count). The first-order valence-corrected chi connectivity index (χ1v) is 7.18. The molecule has 1 aliphatic carbocycles. The van der Waals surface area contributed by atoms with Crippen LogP contribution in [0.2, 0.25) is 0 Å². The van der Waals surface area contributed by atoms with Gasteiger partial charge in [-0.1, -0.05) is 38.1 Å². The van der Waals surface area contributed by atoms with Crippen molar-refractivity contribution in [3.63, 3.8) is 0 Å². The molecule has 0 aliphatic heterocycles. The normalized spacial score (nSPS) is 22.3. The maximum absolute atomic E-state index is 6.40. The largest absolute Gasteiger partial charge is 0.256 e.